The molecule has 0 saturated heterocycles. The maximum atomic E-state index is 13.0. The first-order valence-corrected chi connectivity index (χ1v) is 9.56. The van der Waals surface area contributed by atoms with E-state index in [9.17, 15) is 9.18 Å². The number of carbonyl (C=O) groups excluding carboxylic acids is 1. The number of nitrogens with one attached hydrogen (secondary N) is 1. The summed E-state index contributed by atoms with van der Waals surface area (Å²) < 4.78 is 14.9. The lowest BCUT2D eigenvalue weighted by Crippen LogP contribution is -2.28. The largest absolute Gasteiger partial charge is 0.349 e. The first-order chi connectivity index (χ1) is 12.9. The second-order valence-electron chi connectivity index (χ2n) is 6.36. The van der Waals surface area contributed by atoms with E-state index in [1.54, 1.807) is 12.1 Å². The molecule has 0 saturated carbocycles. The third-order valence-corrected chi connectivity index (χ3v) is 5.21. The molecule has 3 rings (SSSR count). The molecule has 27 heavy (non-hydrogen) atoms. The van der Waals surface area contributed by atoms with E-state index in [0.717, 1.165) is 22.5 Å². The van der Waals surface area contributed by atoms with Gasteiger partial charge in [-0.1, -0.05) is 47.7 Å². The molecule has 1 aromatic heterocycles. The van der Waals surface area contributed by atoms with Gasteiger partial charge in [-0.3, -0.25) is 4.79 Å². The summed E-state index contributed by atoms with van der Waals surface area (Å²) in [5.74, 6) is 0.587. The van der Waals surface area contributed by atoms with Gasteiger partial charge in [0.2, 0.25) is 5.91 Å². The van der Waals surface area contributed by atoms with Crippen molar-refractivity contribution in [1.82, 2.24) is 20.1 Å². The summed E-state index contributed by atoms with van der Waals surface area (Å²) in [6.07, 6.45) is 0. The zero-order chi connectivity index (χ0) is 19.4. The molecule has 1 unspecified atom stereocenters. The van der Waals surface area contributed by atoms with E-state index in [1.807, 2.05) is 43.7 Å². The van der Waals surface area contributed by atoms with Crippen molar-refractivity contribution < 1.29 is 9.18 Å². The first kappa shape index (κ1) is 19.1. The number of aryl methyl sites for hydroxylation is 1. The minimum Gasteiger partial charge on any atom is -0.349 e. The van der Waals surface area contributed by atoms with E-state index >= 15 is 0 Å². The van der Waals surface area contributed by atoms with Crippen molar-refractivity contribution in [1.29, 1.82) is 0 Å². The molecule has 0 fully saturated rings. The van der Waals surface area contributed by atoms with Crippen LogP contribution in [0.25, 0.3) is 11.4 Å². The molecule has 140 valence electrons. The van der Waals surface area contributed by atoms with Crippen LogP contribution in [0.15, 0.2) is 53.7 Å². The van der Waals surface area contributed by atoms with E-state index < -0.39 is 0 Å². The molecule has 7 heteroatoms. The average Bonchev–Trinajstić information content (AvgIpc) is 3.01. The monoisotopic (exact) mass is 384 g/mol. The van der Waals surface area contributed by atoms with Gasteiger partial charge in [0.1, 0.15) is 5.82 Å². The fourth-order valence-corrected chi connectivity index (χ4v) is 3.45. The molecule has 5 nitrogen and oxygen atoms in total. The Morgan fingerprint density at radius 1 is 1.22 bits per heavy atom. The Morgan fingerprint density at radius 3 is 2.67 bits per heavy atom. The maximum Gasteiger partial charge on any atom is 0.230 e. The zero-order valence-electron chi connectivity index (χ0n) is 15.4. The maximum absolute atomic E-state index is 13.0. The number of rotatable bonds is 6. The van der Waals surface area contributed by atoms with Crippen LogP contribution in [0.1, 0.15) is 24.1 Å². The lowest BCUT2D eigenvalue weighted by Gasteiger charge is -2.14. The minimum absolute atomic E-state index is 0.114. The Labute approximate surface area is 162 Å². The van der Waals surface area contributed by atoms with Crippen molar-refractivity contribution in [3.05, 3.63) is 65.5 Å². The predicted octanol–water partition coefficient (Wildman–Crippen LogP) is 3.90. The first-order valence-electron chi connectivity index (χ1n) is 8.58. The number of hydrogen-bond donors (Lipinski definition) is 1. The topological polar surface area (TPSA) is 59.8 Å². The van der Waals surface area contributed by atoms with Gasteiger partial charge in [-0.15, -0.1) is 10.2 Å². The summed E-state index contributed by atoms with van der Waals surface area (Å²) >= 11 is 1.33. The van der Waals surface area contributed by atoms with Gasteiger partial charge < -0.3 is 9.88 Å². The minimum atomic E-state index is -0.292. The lowest BCUT2D eigenvalue weighted by atomic mass is 10.1. The normalized spacial score (nSPS) is 12.0. The fourth-order valence-electron chi connectivity index (χ4n) is 2.72. The highest BCUT2D eigenvalue weighted by Crippen LogP contribution is 2.23. The molecule has 1 atom stereocenters. The van der Waals surface area contributed by atoms with Crippen LogP contribution in [0.5, 0.6) is 0 Å². The standard InChI is InChI=1S/C20H21FN4OS/c1-13-5-4-6-16(11-13)19-23-24-20(25(19)3)27-12-18(26)22-14(2)15-7-9-17(21)10-8-15/h4-11,14H,12H2,1-3H3,(H,22,26). The molecule has 0 spiro atoms. The summed E-state index contributed by atoms with van der Waals surface area (Å²) in [7, 11) is 1.89. The van der Waals surface area contributed by atoms with E-state index in [0.29, 0.717) is 5.16 Å². The molecule has 1 N–H and O–H groups in total. The van der Waals surface area contributed by atoms with Crippen molar-refractivity contribution in [3.63, 3.8) is 0 Å². The summed E-state index contributed by atoms with van der Waals surface area (Å²) in [5.41, 5.74) is 3.00. The molecule has 0 aliphatic heterocycles. The second-order valence-corrected chi connectivity index (χ2v) is 7.31. The number of benzene rings is 2. The molecule has 0 aliphatic carbocycles. The third-order valence-electron chi connectivity index (χ3n) is 4.19. The Hall–Kier alpha value is -2.67. The molecule has 1 amide bonds. The number of amides is 1. The van der Waals surface area contributed by atoms with Crippen molar-refractivity contribution in [2.24, 2.45) is 7.05 Å². The number of hydrogen-bond acceptors (Lipinski definition) is 4. The SMILES string of the molecule is Cc1cccc(-c2nnc(SCC(=O)NC(C)c3ccc(F)cc3)n2C)c1. The van der Waals surface area contributed by atoms with Crippen molar-refractivity contribution in [3.8, 4) is 11.4 Å². The van der Waals surface area contributed by atoms with Crippen LogP contribution in [0.2, 0.25) is 0 Å². The van der Waals surface area contributed by atoms with Crippen LogP contribution in [0.4, 0.5) is 4.39 Å². The van der Waals surface area contributed by atoms with Gasteiger partial charge in [0.15, 0.2) is 11.0 Å². The summed E-state index contributed by atoms with van der Waals surface area (Å²) in [6.45, 7) is 3.90. The molecule has 0 aliphatic rings. The van der Waals surface area contributed by atoms with Crippen LogP contribution >= 0.6 is 11.8 Å². The Kier molecular flexibility index (Phi) is 5.91. The van der Waals surface area contributed by atoms with Gasteiger partial charge in [0, 0.05) is 12.6 Å². The molecular formula is C20H21FN4OS. The number of halogens is 1. The highest BCUT2D eigenvalue weighted by atomic mass is 32.2. The Balaban J connectivity index is 1.60. The number of nitrogens with zero attached hydrogens (tertiary/aromatic N) is 3. The van der Waals surface area contributed by atoms with Crippen LogP contribution < -0.4 is 5.32 Å². The van der Waals surface area contributed by atoms with E-state index in [4.69, 9.17) is 0 Å². The molecule has 0 radical (unpaired) electrons. The molecule has 0 bridgehead atoms. The van der Waals surface area contributed by atoms with Gasteiger partial charge in [-0.25, -0.2) is 4.39 Å². The van der Waals surface area contributed by atoms with Crippen LogP contribution in [-0.4, -0.2) is 26.4 Å². The number of thioether (sulfide) groups is 1. The highest BCUT2D eigenvalue weighted by Gasteiger charge is 2.14. The van der Waals surface area contributed by atoms with Crippen LogP contribution in [0.3, 0.4) is 0 Å². The summed E-state index contributed by atoms with van der Waals surface area (Å²) in [5, 5.41) is 12.0. The van der Waals surface area contributed by atoms with Crippen molar-refractivity contribution in [2.75, 3.05) is 5.75 Å². The van der Waals surface area contributed by atoms with Gasteiger partial charge in [0.05, 0.1) is 11.8 Å². The van der Waals surface area contributed by atoms with Gasteiger partial charge in [-0.2, -0.15) is 0 Å². The smallest absolute Gasteiger partial charge is 0.230 e. The van der Waals surface area contributed by atoms with Crippen LogP contribution in [0, 0.1) is 12.7 Å². The van der Waals surface area contributed by atoms with Gasteiger partial charge in [-0.05, 0) is 37.6 Å². The number of aromatic nitrogens is 3. The van der Waals surface area contributed by atoms with Gasteiger partial charge in [0.25, 0.3) is 0 Å². The molecule has 3 aromatic rings. The summed E-state index contributed by atoms with van der Waals surface area (Å²) in [6, 6.07) is 14.0. The van der Waals surface area contributed by atoms with E-state index in [-0.39, 0.29) is 23.5 Å². The van der Waals surface area contributed by atoms with E-state index in [1.165, 1.54) is 23.9 Å². The molecular weight excluding hydrogens is 363 g/mol. The van der Waals surface area contributed by atoms with E-state index in [2.05, 4.69) is 21.6 Å². The van der Waals surface area contributed by atoms with Crippen LogP contribution in [-0.2, 0) is 11.8 Å². The second kappa shape index (κ2) is 8.35. The fraction of sp³-hybridized carbons (Fsp3) is 0.250. The molecule has 1 heterocycles. The molecule has 2 aromatic carbocycles. The Morgan fingerprint density at radius 2 is 1.96 bits per heavy atom. The average molecular weight is 384 g/mol. The van der Waals surface area contributed by atoms with Gasteiger partial charge >= 0.3 is 0 Å². The van der Waals surface area contributed by atoms with Crippen molar-refractivity contribution in [2.45, 2.75) is 25.0 Å². The number of carbonyl (C=O) groups is 1. The highest BCUT2D eigenvalue weighted by molar-refractivity contribution is 7.99. The Bertz CT molecular complexity index is 939. The zero-order valence-corrected chi connectivity index (χ0v) is 16.3. The lowest BCUT2D eigenvalue weighted by molar-refractivity contribution is -0.119. The van der Waals surface area contributed by atoms with Crippen molar-refractivity contribution >= 4 is 17.7 Å². The quantitative estimate of drug-likeness (QED) is 0.655. The third kappa shape index (κ3) is 4.74. The predicted molar refractivity (Wildman–Crippen MR) is 105 cm³/mol. The summed E-state index contributed by atoms with van der Waals surface area (Å²) in [4.78, 5) is 12.2.